The topological polar surface area (TPSA) is 93.1 Å². The van der Waals surface area contributed by atoms with E-state index in [2.05, 4.69) is 11.7 Å². The van der Waals surface area contributed by atoms with Crippen LogP contribution in [0.2, 0.25) is 0 Å². The molecule has 21 heavy (non-hydrogen) atoms. The summed E-state index contributed by atoms with van der Waals surface area (Å²) < 4.78 is 9.55. The number of hydrogen-bond donors (Lipinski definition) is 2. The Balaban J connectivity index is 2.17. The number of carbonyl (C=O) groups is 2. The van der Waals surface area contributed by atoms with Crippen LogP contribution in [0.4, 0.5) is 0 Å². The van der Waals surface area contributed by atoms with Gasteiger partial charge in [0, 0.05) is 18.1 Å². The molecule has 0 fully saturated rings. The molecule has 0 aliphatic carbocycles. The zero-order valence-corrected chi connectivity index (χ0v) is 12.4. The molecule has 1 aliphatic rings. The summed E-state index contributed by atoms with van der Waals surface area (Å²) in [6.45, 7) is 1.79. The maximum atomic E-state index is 11.5. The molecule has 0 amide bonds. The summed E-state index contributed by atoms with van der Waals surface area (Å²) in [6, 6.07) is 0. The molecule has 0 saturated heterocycles. The van der Waals surface area contributed by atoms with Gasteiger partial charge >= 0.3 is 11.9 Å². The summed E-state index contributed by atoms with van der Waals surface area (Å²) >= 11 is 0. The first-order valence-corrected chi connectivity index (χ1v) is 7.43. The molecule has 1 rings (SSSR count). The largest absolute Gasteiger partial charge is 0.463 e. The van der Waals surface area contributed by atoms with Crippen molar-refractivity contribution in [2.75, 3.05) is 13.2 Å². The van der Waals surface area contributed by atoms with Gasteiger partial charge in [-0.2, -0.15) is 0 Å². The van der Waals surface area contributed by atoms with E-state index in [1.807, 2.05) is 0 Å². The smallest absolute Gasteiger partial charge is 0.331 e. The van der Waals surface area contributed by atoms with E-state index in [0.29, 0.717) is 12.0 Å². The standard InChI is InChI=1S/C15H24O6/c1-2-3-4-5-6-7-13(17)21-10-12(16)15(19)11-8-14(18)20-9-11/h8,12,15-16,19H,2-7,9-10H2,1H3. The Labute approximate surface area is 124 Å². The van der Waals surface area contributed by atoms with Crippen molar-refractivity contribution in [3.8, 4) is 0 Å². The normalized spacial score (nSPS) is 17.1. The second-order valence-corrected chi connectivity index (χ2v) is 5.19. The fourth-order valence-corrected chi connectivity index (χ4v) is 2.02. The minimum absolute atomic E-state index is 0.0393. The molecular weight excluding hydrogens is 276 g/mol. The van der Waals surface area contributed by atoms with E-state index < -0.39 is 18.2 Å². The van der Waals surface area contributed by atoms with Crippen molar-refractivity contribution in [3.63, 3.8) is 0 Å². The number of aliphatic hydroxyl groups is 2. The number of unbranched alkanes of at least 4 members (excludes halogenated alkanes) is 4. The number of aliphatic hydroxyl groups excluding tert-OH is 2. The highest BCUT2D eigenvalue weighted by Crippen LogP contribution is 2.14. The second kappa shape index (κ2) is 9.52. The third-order valence-electron chi connectivity index (χ3n) is 3.33. The van der Waals surface area contributed by atoms with Crippen molar-refractivity contribution < 1.29 is 29.3 Å². The van der Waals surface area contributed by atoms with Crippen molar-refractivity contribution in [1.29, 1.82) is 0 Å². The van der Waals surface area contributed by atoms with Gasteiger partial charge in [-0.3, -0.25) is 4.79 Å². The third-order valence-corrected chi connectivity index (χ3v) is 3.33. The Hall–Kier alpha value is -1.40. The zero-order valence-electron chi connectivity index (χ0n) is 12.4. The maximum absolute atomic E-state index is 11.5. The highest BCUT2D eigenvalue weighted by atomic mass is 16.5. The van der Waals surface area contributed by atoms with Gasteiger partial charge < -0.3 is 19.7 Å². The minimum Gasteiger partial charge on any atom is -0.463 e. The lowest BCUT2D eigenvalue weighted by Crippen LogP contribution is -2.33. The summed E-state index contributed by atoms with van der Waals surface area (Å²) in [5, 5.41) is 19.5. The van der Waals surface area contributed by atoms with E-state index in [1.165, 1.54) is 0 Å². The highest BCUT2D eigenvalue weighted by Gasteiger charge is 2.26. The summed E-state index contributed by atoms with van der Waals surface area (Å²) in [6.07, 6.45) is 4.12. The molecule has 2 N–H and O–H groups in total. The van der Waals surface area contributed by atoms with Crippen molar-refractivity contribution in [3.05, 3.63) is 11.6 Å². The number of esters is 2. The van der Waals surface area contributed by atoms with Crippen LogP contribution in [0.1, 0.15) is 45.4 Å². The lowest BCUT2D eigenvalue weighted by Gasteiger charge is -2.18. The average Bonchev–Trinajstić information content (AvgIpc) is 2.90. The lowest BCUT2D eigenvalue weighted by atomic mass is 10.1. The Morgan fingerprint density at radius 1 is 1.33 bits per heavy atom. The number of carbonyl (C=O) groups excluding carboxylic acids is 2. The molecule has 0 saturated carbocycles. The third kappa shape index (κ3) is 6.73. The molecule has 0 aromatic carbocycles. The van der Waals surface area contributed by atoms with Gasteiger partial charge in [-0.15, -0.1) is 0 Å². The van der Waals surface area contributed by atoms with Crippen molar-refractivity contribution in [2.45, 2.75) is 57.7 Å². The molecule has 120 valence electrons. The summed E-state index contributed by atoms with van der Waals surface area (Å²) in [5.74, 6) is -0.925. The SMILES string of the molecule is CCCCCCCC(=O)OCC(O)C(O)C1=CC(=O)OC1. The van der Waals surface area contributed by atoms with E-state index in [0.717, 1.165) is 38.2 Å². The molecule has 6 nitrogen and oxygen atoms in total. The van der Waals surface area contributed by atoms with Crippen LogP contribution in [-0.4, -0.2) is 47.6 Å². The molecule has 6 heteroatoms. The van der Waals surface area contributed by atoms with Gasteiger partial charge in [0.05, 0.1) is 0 Å². The van der Waals surface area contributed by atoms with Crippen LogP contribution in [0.15, 0.2) is 11.6 Å². The molecular formula is C15H24O6. The Morgan fingerprint density at radius 3 is 2.67 bits per heavy atom. The van der Waals surface area contributed by atoms with Crippen LogP contribution in [0.3, 0.4) is 0 Å². The fourth-order valence-electron chi connectivity index (χ4n) is 2.02. The predicted octanol–water partition coefficient (Wildman–Crippen LogP) is 1.10. The highest BCUT2D eigenvalue weighted by molar-refractivity contribution is 5.85. The molecule has 2 unspecified atom stereocenters. The maximum Gasteiger partial charge on any atom is 0.331 e. The van der Waals surface area contributed by atoms with Crippen molar-refractivity contribution in [2.24, 2.45) is 0 Å². The second-order valence-electron chi connectivity index (χ2n) is 5.19. The van der Waals surface area contributed by atoms with Crippen LogP contribution >= 0.6 is 0 Å². The van der Waals surface area contributed by atoms with Gasteiger partial charge in [-0.05, 0) is 6.42 Å². The quantitative estimate of drug-likeness (QED) is 0.463. The van der Waals surface area contributed by atoms with E-state index in [-0.39, 0.29) is 19.2 Å². The first-order chi connectivity index (χ1) is 10.0. The number of rotatable bonds is 10. The first-order valence-electron chi connectivity index (χ1n) is 7.43. The number of ether oxygens (including phenoxy) is 2. The average molecular weight is 300 g/mol. The zero-order chi connectivity index (χ0) is 15.7. The molecule has 2 atom stereocenters. The molecule has 1 aliphatic heterocycles. The van der Waals surface area contributed by atoms with Gasteiger partial charge in [0.2, 0.25) is 0 Å². The number of hydrogen-bond acceptors (Lipinski definition) is 6. The van der Waals surface area contributed by atoms with Gasteiger partial charge in [0.1, 0.15) is 25.4 Å². The monoisotopic (exact) mass is 300 g/mol. The van der Waals surface area contributed by atoms with Gasteiger partial charge in [-0.1, -0.05) is 32.6 Å². The molecule has 0 bridgehead atoms. The molecule has 0 spiro atoms. The molecule has 0 radical (unpaired) electrons. The van der Waals surface area contributed by atoms with Crippen molar-refractivity contribution >= 4 is 11.9 Å². The fraction of sp³-hybridized carbons (Fsp3) is 0.733. The van der Waals surface area contributed by atoms with Crippen LogP contribution in [0.25, 0.3) is 0 Å². The van der Waals surface area contributed by atoms with E-state index in [4.69, 9.17) is 4.74 Å². The molecule has 1 heterocycles. The van der Waals surface area contributed by atoms with Gasteiger partial charge in [0.15, 0.2) is 0 Å². The van der Waals surface area contributed by atoms with Crippen LogP contribution in [-0.2, 0) is 19.1 Å². The summed E-state index contributed by atoms with van der Waals surface area (Å²) in [4.78, 5) is 22.3. The molecule has 0 aromatic heterocycles. The summed E-state index contributed by atoms with van der Waals surface area (Å²) in [7, 11) is 0. The molecule has 0 aromatic rings. The van der Waals surface area contributed by atoms with Gasteiger partial charge in [0.25, 0.3) is 0 Å². The van der Waals surface area contributed by atoms with Gasteiger partial charge in [-0.25, -0.2) is 4.79 Å². The van der Waals surface area contributed by atoms with E-state index >= 15 is 0 Å². The Morgan fingerprint density at radius 2 is 2.05 bits per heavy atom. The predicted molar refractivity (Wildman–Crippen MR) is 75.4 cm³/mol. The Kier molecular flexibility index (Phi) is 8.00. The van der Waals surface area contributed by atoms with E-state index in [1.54, 1.807) is 0 Å². The lowest BCUT2D eigenvalue weighted by molar-refractivity contribution is -0.148. The van der Waals surface area contributed by atoms with Crippen LogP contribution < -0.4 is 0 Å². The summed E-state index contributed by atoms with van der Waals surface area (Å²) in [5.41, 5.74) is 0.295. The van der Waals surface area contributed by atoms with Crippen LogP contribution in [0, 0.1) is 0 Å². The Bertz CT molecular complexity index is 376. The van der Waals surface area contributed by atoms with Crippen molar-refractivity contribution in [1.82, 2.24) is 0 Å². The number of cyclic esters (lactones) is 1. The first kappa shape index (κ1) is 17.7. The van der Waals surface area contributed by atoms with E-state index in [9.17, 15) is 19.8 Å². The van der Waals surface area contributed by atoms with Crippen LogP contribution in [0.5, 0.6) is 0 Å². The minimum atomic E-state index is -1.26.